The highest BCUT2D eigenvalue weighted by molar-refractivity contribution is 5.71. The van der Waals surface area contributed by atoms with Gasteiger partial charge in [-0.05, 0) is 141 Å². The van der Waals surface area contributed by atoms with E-state index in [1.807, 2.05) is 0 Å². The van der Waals surface area contributed by atoms with Crippen LogP contribution in [0.3, 0.4) is 0 Å². The van der Waals surface area contributed by atoms with Crippen LogP contribution in [0.1, 0.15) is 278 Å². The van der Waals surface area contributed by atoms with Crippen LogP contribution in [0.15, 0.2) is 146 Å². The molecule has 0 aromatic rings. The molecule has 0 rings (SSSR count). The van der Waals surface area contributed by atoms with Crippen LogP contribution in [0.5, 0.6) is 0 Å². The summed E-state index contributed by atoms with van der Waals surface area (Å²) in [6.45, 7) is 6.36. The molecular formula is C73H118O6. The highest BCUT2D eigenvalue weighted by atomic mass is 16.6. The van der Waals surface area contributed by atoms with Gasteiger partial charge in [-0.15, -0.1) is 0 Å². The SMILES string of the molecule is CC/C=C\C/C=C\C/C=C\C/C=C\C/C=C\C/C=C\CCCCCCCCCCC(=O)OCC(COC(=O)CCCCCCC/C=C\C/C=C\C/C=C\CC)OC(=O)CCCCCCCC/C=C\C/C=C\C/C=C\CCCCC. The molecule has 0 aliphatic rings. The number of rotatable bonds is 57. The summed E-state index contributed by atoms with van der Waals surface area (Å²) >= 11 is 0. The predicted molar refractivity (Wildman–Crippen MR) is 343 cm³/mol. The molecule has 6 nitrogen and oxygen atoms in total. The van der Waals surface area contributed by atoms with Crippen LogP contribution in [-0.4, -0.2) is 37.2 Å². The van der Waals surface area contributed by atoms with Gasteiger partial charge in [0.05, 0.1) is 0 Å². The number of hydrogen-bond donors (Lipinski definition) is 0. The van der Waals surface area contributed by atoms with E-state index in [2.05, 4.69) is 167 Å². The smallest absolute Gasteiger partial charge is 0.306 e. The molecule has 0 radical (unpaired) electrons. The van der Waals surface area contributed by atoms with Gasteiger partial charge in [0.25, 0.3) is 0 Å². The summed E-state index contributed by atoms with van der Waals surface area (Å²) in [4.78, 5) is 38.4. The molecule has 0 aromatic carbocycles. The van der Waals surface area contributed by atoms with Crippen molar-refractivity contribution in [3.63, 3.8) is 0 Å². The first kappa shape index (κ1) is 74.3. The Morgan fingerprint density at radius 3 is 0.772 bits per heavy atom. The summed E-state index contributed by atoms with van der Waals surface area (Å²) in [5.74, 6) is -0.935. The van der Waals surface area contributed by atoms with E-state index < -0.39 is 6.10 Å². The maximum Gasteiger partial charge on any atom is 0.306 e. The molecule has 0 N–H and O–H groups in total. The number of unbranched alkanes of at least 4 members (excludes halogenated alkanes) is 22. The van der Waals surface area contributed by atoms with Gasteiger partial charge in [0.15, 0.2) is 6.10 Å². The van der Waals surface area contributed by atoms with Gasteiger partial charge in [-0.25, -0.2) is 0 Å². The fourth-order valence-corrected chi connectivity index (χ4v) is 8.53. The molecule has 0 amide bonds. The number of hydrogen-bond acceptors (Lipinski definition) is 6. The second-order valence-electron chi connectivity index (χ2n) is 20.9. The van der Waals surface area contributed by atoms with Crippen LogP contribution in [0.4, 0.5) is 0 Å². The molecule has 0 bridgehead atoms. The molecule has 0 heterocycles. The molecule has 6 heteroatoms. The quantitative estimate of drug-likeness (QED) is 0.0261. The van der Waals surface area contributed by atoms with Crippen molar-refractivity contribution in [1.29, 1.82) is 0 Å². The summed E-state index contributed by atoms with van der Waals surface area (Å²) < 4.78 is 16.9. The lowest BCUT2D eigenvalue weighted by Gasteiger charge is -2.18. The van der Waals surface area contributed by atoms with Crippen LogP contribution in [0, 0.1) is 0 Å². The zero-order valence-corrected chi connectivity index (χ0v) is 51.1. The van der Waals surface area contributed by atoms with E-state index in [-0.39, 0.29) is 31.1 Å². The third-order valence-corrected chi connectivity index (χ3v) is 13.3. The standard InChI is InChI=1S/C73H118O6/c1-4-7-10-13-16-19-22-25-28-30-32-33-34-35-36-37-38-39-41-42-45-48-51-54-57-60-63-66-72(75)78-69-70(68-77-71(74)65-62-59-56-53-50-47-44-27-24-21-18-15-12-9-6-3)79-73(76)67-64-61-58-55-52-49-46-43-40-31-29-26-23-20-17-14-11-8-5-2/h7,9-10,12,16-21,25-29,32-33,35-36,38-40,43-44,70H,4-6,8,11,13-15,22-24,30-31,34,37,41-42,45-69H2,1-3H3/b10-7-,12-9-,19-16-,20-17-,21-18-,28-25-,29-26-,33-32-,36-35-,39-38-,43-40-,44-27-. The number of esters is 3. The molecule has 1 atom stereocenters. The summed E-state index contributed by atoms with van der Waals surface area (Å²) in [6, 6.07) is 0. The fraction of sp³-hybridized carbons (Fsp3) is 0.630. The number of carbonyl (C=O) groups excluding carboxylic acids is 3. The summed E-state index contributed by atoms with van der Waals surface area (Å²) in [5.41, 5.74) is 0. The lowest BCUT2D eigenvalue weighted by molar-refractivity contribution is -0.167. The minimum Gasteiger partial charge on any atom is -0.462 e. The molecule has 0 spiro atoms. The average molecular weight is 1090 g/mol. The Bertz CT molecular complexity index is 1730. The lowest BCUT2D eigenvalue weighted by Crippen LogP contribution is -2.30. The molecule has 0 aromatic heterocycles. The van der Waals surface area contributed by atoms with E-state index >= 15 is 0 Å². The van der Waals surface area contributed by atoms with Crippen molar-refractivity contribution in [2.24, 2.45) is 0 Å². The van der Waals surface area contributed by atoms with Gasteiger partial charge >= 0.3 is 17.9 Å². The lowest BCUT2D eigenvalue weighted by atomic mass is 10.1. The zero-order valence-electron chi connectivity index (χ0n) is 51.1. The predicted octanol–water partition coefficient (Wildman–Crippen LogP) is 22.3. The Morgan fingerprint density at radius 1 is 0.266 bits per heavy atom. The number of carbonyl (C=O) groups is 3. The van der Waals surface area contributed by atoms with Crippen LogP contribution in [0.2, 0.25) is 0 Å². The van der Waals surface area contributed by atoms with Crippen molar-refractivity contribution < 1.29 is 28.6 Å². The van der Waals surface area contributed by atoms with Gasteiger partial charge in [-0.2, -0.15) is 0 Å². The molecule has 79 heavy (non-hydrogen) atoms. The van der Waals surface area contributed by atoms with Crippen LogP contribution in [0.25, 0.3) is 0 Å². The molecule has 0 aliphatic carbocycles. The van der Waals surface area contributed by atoms with Gasteiger partial charge in [0.2, 0.25) is 0 Å². The Morgan fingerprint density at radius 2 is 0.494 bits per heavy atom. The van der Waals surface area contributed by atoms with E-state index in [4.69, 9.17) is 14.2 Å². The normalized spacial score (nSPS) is 13.1. The summed E-state index contributed by atoms with van der Waals surface area (Å²) in [6.07, 6.45) is 94.1. The third-order valence-electron chi connectivity index (χ3n) is 13.3. The third kappa shape index (κ3) is 64.0. The fourth-order valence-electron chi connectivity index (χ4n) is 8.53. The van der Waals surface area contributed by atoms with Crippen molar-refractivity contribution in [1.82, 2.24) is 0 Å². The van der Waals surface area contributed by atoms with Gasteiger partial charge in [-0.1, -0.05) is 263 Å². The maximum absolute atomic E-state index is 12.9. The van der Waals surface area contributed by atoms with Crippen molar-refractivity contribution in [2.75, 3.05) is 13.2 Å². The van der Waals surface area contributed by atoms with Crippen LogP contribution >= 0.6 is 0 Å². The van der Waals surface area contributed by atoms with Gasteiger partial charge < -0.3 is 14.2 Å². The van der Waals surface area contributed by atoms with Gasteiger partial charge in [0, 0.05) is 19.3 Å². The zero-order chi connectivity index (χ0) is 57.1. The highest BCUT2D eigenvalue weighted by Crippen LogP contribution is 2.15. The van der Waals surface area contributed by atoms with E-state index in [9.17, 15) is 14.4 Å². The van der Waals surface area contributed by atoms with Gasteiger partial charge in [-0.3, -0.25) is 14.4 Å². The van der Waals surface area contributed by atoms with Crippen LogP contribution < -0.4 is 0 Å². The Labute approximate surface area is 487 Å². The van der Waals surface area contributed by atoms with Crippen molar-refractivity contribution in [3.8, 4) is 0 Å². The Kier molecular flexibility index (Phi) is 61.9. The molecule has 1 unspecified atom stereocenters. The second-order valence-corrected chi connectivity index (χ2v) is 20.9. The Balaban J connectivity index is 4.42. The first-order valence-electron chi connectivity index (χ1n) is 32.3. The Hall–Kier alpha value is -4.71. The van der Waals surface area contributed by atoms with Crippen molar-refractivity contribution in [2.45, 2.75) is 284 Å². The van der Waals surface area contributed by atoms with Crippen molar-refractivity contribution >= 4 is 17.9 Å². The van der Waals surface area contributed by atoms with E-state index in [1.54, 1.807) is 0 Å². The molecule has 0 saturated heterocycles. The second kappa shape index (κ2) is 65.8. The maximum atomic E-state index is 12.9. The molecule has 0 aliphatic heterocycles. The average Bonchev–Trinajstić information content (AvgIpc) is 3.45. The summed E-state index contributed by atoms with van der Waals surface area (Å²) in [5, 5.41) is 0. The molecule has 0 saturated carbocycles. The molecule has 0 fully saturated rings. The number of allylic oxidation sites excluding steroid dienone is 24. The van der Waals surface area contributed by atoms with Crippen molar-refractivity contribution in [3.05, 3.63) is 146 Å². The summed E-state index contributed by atoms with van der Waals surface area (Å²) in [7, 11) is 0. The first-order valence-corrected chi connectivity index (χ1v) is 32.3. The molecule has 446 valence electrons. The largest absolute Gasteiger partial charge is 0.462 e. The molecular weight excluding hydrogens is 973 g/mol. The topological polar surface area (TPSA) is 78.9 Å². The van der Waals surface area contributed by atoms with Crippen LogP contribution in [-0.2, 0) is 28.6 Å². The van der Waals surface area contributed by atoms with Gasteiger partial charge in [0.1, 0.15) is 13.2 Å². The van der Waals surface area contributed by atoms with E-state index in [0.717, 1.165) is 167 Å². The number of ether oxygens (including phenoxy) is 3. The minimum atomic E-state index is -0.804. The van der Waals surface area contributed by atoms with E-state index in [0.29, 0.717) is 19.3 Å². The monoisotopic (exact) mass is 1090 g/mol. The highest BCUT2D eigenvalue weighted by Gasteiger charge is 2.19. The van der Waals surface area contributed by atoms with E-state index in [1.165, 1.54) is 70.6 Å². The first-order chi connectivity index (χ1) is 39.0. The minimum absolute atomic E-state index is 0.0985.